The highest BCUT2D eigenvalue weighted by Crippen LogP contribution is 1.70. The first-order valence-corrected chi connectivity index (χ1v) is 2.58. The lowest BCUT2D eigenvalue weighted by atomic mass is 10.6. The molecule has 8 heavy (non-hydrogen) atoms. The number of allylic oxidation sites excluding steroid dienone is 1. The molecule has 0 saturated heterocycles. The molecule has 0 radical (unpaired) electrons. The van der Waals surface area contributed by atoms with Gasteiger partial charge in [0, 0.05) is 5.70 Å². The van der Waals surface area contributed by atoms with Gasteiger partial charge in [-0.25, -0.2) is 0 Å². The molecule has 1 N–H and O–H groups in total. The molecule has 0 atom stereocenters. The van der Waals surface area contributed by atoms with Crippen LogP contribution in [0.2, 0.25) is 0 Å². The van der Waals surface area contributed by atoms with Gasteiger partial charge in [-0.3, -0.25) is 5.32 Å². The molecule has 0 aliphatic heterocycles. The van der Waals surface area contributed by atoms with Crippen LogP contribution in [-0.4, -0.2) is 0 Å². The summed E-state index contributed by atoms with van der Waals surface area (Å²) >= 11 is 0. The van der Waals surface area contributed by atoms with E-state index in [2.05, 4.69) is 11.9 Å². The summed E-state index contributed by atoms with van der Waals surface area (Å²) in [6, 6.07) is 0. The van der Waals surface area contributed by atoms with Crippen LogP contribution in [0.15, 0.2) is 12.3 Å². The van der Waals surface area contributed by atoms with E-state index in [0.717, 1.165) is 0 Å². The fourth-order valence-corrected chi connectivity index (χ4v) is 0.0954. The van der Waals surface area contributed by atoms with E-state index in [4.69, 9.17) is 5.26 Å². The van der Waals surface area contributed by atoms with E-state index >= 15 is 0 Å². The molecule has 2 heteroatoms. The molecule has 0 heterocycles. The minimum absolute atomic E-state index is 0.678. The first-order valence-electron chi connectivity index (χ1n) is 2.58. The SMILES string of the molecule is C=C(C)NC#N.CC. The van der Waals surface area contributed by atoms with Crippen LogP contribution in [0.3, 0.4) is 0 Å². The highest BCUT2D eigenvalue weighted by molar-refractivity contribution is 4.90. The van der Waals surface area contributed by atoms with Crippen LogP contribution in [-0.2, 0) is 0 Å². The Morgan fingerprint density at radius 1 is 1.62 bits per heavy atom. The molecule has 0 bridgehead atoms. The fraction of sp³-hybridized carbons (Fsp3) is 0.500. The number of hydrogen-bond donors (Lipinski definition) is 1. The second kappa shape index (κ2) is 9.39. The van der Waals surface area contributed by atoms with Crippen LogP contribution in [0.4, 0.5) is 0 Å². The van der Waals surface area contributed by atoms with Crippen molar-refractivity contribution in [1.29, 1.82) is 5.26 Å². The summed E-state index contributed by atoms with van der Waals surface area (Å²) in [5, 5.41) is 10.1. The van der Waals surface area contributed by atoms with Crippen molar-refractivity contribution in [2.75, 3.05) is 0 Å². The van der Waals surface area contributed by atoms with Crippen LogP contribution in [0, 0.1) is 11.5 Å². The number of rotatable bonds is 1. The van der Waals surface area contributed by atoms with Gasteiger partial charge in [0.05, 0.1) is 0 Å². The van der Waals surface area contributed by atoms with E-state index in [1.807, 2.05) is 13.8 Å². The van der Waals surface area contributed by atoms with Crippen LogP contribution >= 0.6 is 0 Å². The highest BCUT2D eigenvalue weighted by atomic mass is 14.9. The van der Waals surface area contributed by atoms with Crippen LogP contribution in [0.1, 0.15) is 20.8 Å². The predicted octanol–water partition coefficient (Wildman–Crippen LogP) is 1.62. The quantitative estimate of drug-likeness (QED) is 0.413. The van der Waals surface area contributed by atoms with Gasteiger partial charge in [-0.1, -0.05) is 20.4 Å². The van der Waals surface area contributed by atoms with E-state index in [1.54, 1.807) is 13.1 Å². The van der Waals surface area contributed by atoms with Gasteiger partial charge in [-0.15, -0.1) is 0 Å². The summed E-state index contributed by atoms with van der Waals surface area (Å²) in [7, 11) is 0. The molecule has 0 aromatic carbocycles. The predicted molar refractivity (Wildman–Crippen MR) is 34.9 cm³/mol. The minimum atomic E-state index is 0.678. The molecule has 46 valence electrons. The highest BCUT2D eigenvalue weighted by Gasteiger charge is 1.69. The maximum Gasteiger partial charge on any atom is 0.181 e. The van der Waals surface area contributed by atoms with Crippen molar-refractivity contribution in [1.82, 2.24) is 5.32 Å². The van der Waals surface area contributed by atoms with E-state index in [9.17, 15) is 0 Å². The van der Waals surface area contributed by atoms with Gasteiger partial charge < -0.3 is 0 Å². The standard InChI is InChI=1S/C4H6N2.C2H6/c1-4(2)6-3-5;1-2/h6H,1H2,2H3;1-2H3. The van der Waals surface area contributed by atoms with Gasteiger partial charge in [-0.2, -0.15) is 5.26 Å². The molecule has 0 saturated carbocycles. The Morgan fingerprint density at radius 3 is 2.00 bits per heavy atom. The minimum Gasteiger partial charge on any atom is -0.298 e. The first-order chi connectivity index (χ1) is 3.77. The van der Waals surface area contributed by atoms with Gasteiger partial charge in [0.1, 0.15) is 0 Å². The number of hydrogen-bond acceptors (Lipinski definition) is 2. The lowest BCUT2D eigenvalue weighted by Gasteiger charge is -1.83. The van der Waals surface area contributed by atoms with Crippen LogP contribution < -0.4 is 5.32 Å². The van der Waals surface area contributed by atoms with Gasteiger partial charge in [0.25, 0.3) is 0 Å². The Balaban J connectivity index is 0. The molecule has 0 spiro atoms. The first kappa shape index (κ1) is 10.1. The Bertz CT molecular complexity index is 89.2. The zero-order valence-corrected chi connectivity index (χ0v) is 5.65. The number of nitriles is 1. The van der Waals surface area contributed by atoms with E-state index in [0.29, 0.717) is 5.70 Å². The van der Waals surface area contributed by atoms with Gasteiger partial charge in [-0.05, 0) is 6.92 Å². The average molecular weight is 112 g/mol. The maximum absolute atomic E-state index is 7.81. The normalized spacial score (nSPS) is 5.25. The second-order valence-electron chi connectivity index (χ2n) is 1.02. The molecule has 0 unspecified atom stereocenters. The topological polar surface area (TPSA) is 35.8 Å². The molecule has 0 fully saturated rings. The monoisotopic (exact) mass is 112 g/mol. The van der Waals surface area contributed by atoms with Crippen molar-refractivity contribution in [2.24, 2.45) is 0 Å². The van der Waals surface area contributed by atoms with Gasteiger partial charge in [0.2, 0.25) is 0 Å². The molecule has 2 nitrogen and oxygen atoms in total. The summed E-state index contributed by atoms with van der Waals surface area (Å²) in [5.74, 6) is 0. The van der Waals surface area contributed by atoms with E-state index < -0.39 is 0 Å². The van der Waals surface area contributed by atoms with Crippen molar-refractivity contribution in [3.05, 3.63) is 12.3 Å². The van der Waals surface area contributed by atoms with Crippen molar-refractivity contribution in [3.63, 3.8) is 0 Å². The fourth-order valence-electron chi connectivity index (χ4n) is 0.0954. The summed E-state index contributed by atoms with van der Waals surface area (Å²) in [5.41, 5.74) is 0.678. The smallest absolute Gasteiger partial charge is 0.181 e. The second-order valence-corrected chi connectivity index (χ2v) is 1.02. The maximum atomic E-state index is 7.81. The largest absolute Gasteiger partial charge is 0.298 e. The Kier molecular flexibility index (Phi) is 11.9. The molecular formula is C6H12N2. The van der Waals surface area contributed by atoms with Crippen molar-refractivity contribution in [3.8, 4) is 6.19 Å². The van der Waals surface area contributed by atoms with E-state index in [1.165, 1.54) is 0 Å². The van der Waals surface area contributed by atoms with Crippen LogP contribution in [0.25, 0.3) is 0 Å². The lowest BCUT2D eigenvalue weighted by Crippen LogP contribution is -1.97. The van der Waals surface area contributed by atoms with Crippen molar-refractivity contribution in [2.45, 2.75) is 20.8 Å². The molecule has 0 aliphatic rings. The average Bonchev–Trinajstić information content (AvgIpc) is 1.72. The molecular weight excluding hydrogens is 100 g/mol. The Labute approximate surface area is 50.8 Å². The van der Waals surface area contributed by atoms with Crippen molar-refractivity contribution < 1.29 is 0 Å². The zero-order chi connectivity index (χ0) is 6.99. The molecule has 0 amide bonds. The summed E-state index contributed by atoms with van der Waals surface area (Å²) in [6.07, 6.45) is 1.72. The van der Waals surface area contributed by atoms with Crippen LogP contribution in [0.5, 0.6) is 0 Å². The number of nitrogens with one attached hydrogen (secondary N) is 1. The van der Waals surface area contributed by atoms with Gasteiger partial charge in [0.15, 0.2) is 6.19 Å². The summed E-state index contributed by atoms with van der Waals surface area (Å²) < 4.78 is 0. The summed E-state index contributed by atoms with van der Waals surface area (Å²) in [6.45, 7) is 9.14. The number of nitrogens with zero attached hydrogens (tertiary/aromatic N) is 1. The third kappa shape index (κ3) is 19.8. The molecule has 0 aromatic heterocycles. The Hall–Kier alpha value is -0.970. The summed E-state index contributed by atoms with van der Waals surface area (Å²) in [4.78, 5) is 0. The molecule has 0 aromatic rings. The molecule has 0 aliphatic carbocycles. The Morgan fingerprint density at radius 2 is 2.00 bits per heavy atom. The zero-order valence-electron chi connectivity index (χ0n) is 5.65. The third-order valence-corrected chi connectivity index (χ3v) is 0.269. The van der Waals surface area contributed by atoms with E-state index in [-0.39, 0.29) is 0 Å². The third-order valence-electron chi connectivity index (χ3n) is 0.269. The lowest BCUT2D eigenvalue weighted by molar-refractivity contribution is 1.08. The van der Waals surface area contributed by atoms with Crippen molar-refractivity contribution >= 4 is 0 Å². The van der Waals surface area contributed by atoms with Gasteiger partial charge >= 0.3 is 0 Å². The molecule has 0 rings (SSSR count).